The normalized spacial score (nSPS) is 25.3. The topological polar surface area (TPSA) is 38.0 Å². The van der Waals surface area contributed by atoms with E-state index in [0.717, 1.165) is 23.2 Å². The molecule has 2 nitrogen and oxygen atoms in total. The minimum atomic E-state index is -0.188. The number of halogens is 2. The average molecular weight is 315 g/mol. The average Bonchev–Trinajstić information content (AvgIpc) is 2.75. The smallest absolute Gasteiger partial charge is 0.128 e. The molecule has 1 aliphatic carbocycles. The van der Waals surface area contributed by atoms with Crippen LogP contribution in [-0.4, -0.2) is 12.6 Å². The zero-order valence-corrected chi connectivity index (χ0v) is 12.2. The van der Waals surface area contributed by atoms with E-state index in [1.54, 1.807) is 6.07 Å². The van der Waals surface area contributed by atoms with E-state index in [0.29, 0.717) is 18.2 Å². The molecule has 0 radical (unpaired) electrons. The third-order valence-electron chi connectivity index (χ3n) is 3.70. The van der Waals surface area contributed by atoms with Crippen LogP contribution in [0.4, 0.5) is 4.39 Å². The Labute approximate surface area is 116 Å². The second kappa shape index (κ2) is 6.13. The number of benzene rings is 1. The summed E-state index contributed by atoms with van der Waals surface area (Å²) in [5, 5.41) is 3.49. The molecule has 3 atom stereocenters. The number of hydrogen-bond acceptors (Lipinski definition) is 2. The van der Waals surface area contributed by atoms with Gasteiger partial charge in [0, 0.05) is 28.7 Å². The molecule has 4 heteroatoms. The Morgan fingerprint density at radius 3 is 2.89 bits per heavy atom. The van der Waals surface area contributed by atoms with Gasteiger partial charge in [0.2, 0.25) is 0 Å². The summed E-state index contributed by atoms with van der Waals surface area (Å²) in [6.07, 6.45) is 3.56. The molecule has 0 aromatic heterocycles. The molecule has 1 aliphatic rings. The lowest BCUT2D eigenvalue weighted by Crippen LogP contribution is -2.35. The van der Waals surface area contributed by atoms with Gasteiger partial charge in [0.1, 0.15) is 5.82 Å². The number of rotatable bonds is 4. The quantitative estimate of drug-likeness (QED) is 0.894. The fraction of sp³-hybridized carbons (Fsp3) is 0.571. The highest BCUT2D eigenvalue weighted by atomic mass is 79.9. The van der Waals surface area contributed by atoms with Crippen molar-refractivity contribution < 1.29 is 4.39 Å². The highest BCUT2D eigenvalue weighted by molar-refractivity contribution is 9.10. The maximum Gasteiger partial charge on any atom is 0.128 e. The summed E-state index contributed by atoms with van der Waals surface area (Å²) in [4.78, 5) is 0. The highest BCUT2D eigenvalue weighted by Gasteiger charge is 2.25. The summed E-state index contributed by atoms with van der Waals surface area (Å²) < 4.78 is 14.7. The summed E-state index contributed by atoms with van der Waals surface area (Å²) in [5.41, 5.74) is 6.45. The Balaban J connectivity index is 2.10. The molecular formula is C14H20BrFN2. The minimum Gasteiger partial charge on any atom is -0.329 e. The van der Waals surface area contributed by atoms with Crippen LogP contribution in [0.5, 0.6) is 0 Å². The van der Waals surface area contributed by atoms with Gasteiger partial charge in [0.15, 0.2) is 0 Å². The van der Waals surface area contributed by atoms with Gasteiger partial charge in [-0.25, -0.2) is 4.39 Å². The van der Waals surface area contributed by atoms with Crippen molar-refractivity contribution in [1.82, 2.24) is 5.32 Å². The summed E-state index contributed by atoms with van der Waals surface area (Å²) in [5.74, 6) is 0.570. The molecule has 3 unspecified atom stereocenters. The van der Waals surface area contributed by atoms with Gasteiger partial charge < -0.3 is 11.1 Å². The van der Waals surface area contributed by atoms with E-state index >= 15 is 0 Å². The molecule has 0 amide bonds. The lowest BCUT2D eigenvalue weighted by Gasteiger charge is -2.23. The maximum atomic E-state index is 13.8. The minimum absolute atomic E-state index is 0.0993. The zero-order valence-electron chi connectivity index (χ0n) is 10.6. The third-order valence-corrected chi connectivity index (χ3v) is 4.19. The van der Waals surface area contributed by atoms with Gasteiger partial charge in [-0.1, -0.05) is 22.9 Å². The van der Waals surface area contributed by atoms with Crippen molar-refractivity contribution in [3.8, 4) is 0 Å². The molecule has 1 saturated carbocycles. The highest BCUT2D eigenvalue weighted by Crippen LogP contribution is 2.28. The van der Waals surface area contributed by atoms with E-state index in [2.05, 4.69) is 28.2 Å². The maximum absolute atomic E-state index is 13.8. The molecule has 0 bridgehead atoms. The van der Waals surface area contributed by atoms with Crippen LogP contribution in [0, 0.1) is 11.7 Å². The van der Waals surface area contributed by atoms with Gasteiger partial charge in [0.25, 0.3) is 0 Å². The fourth-order valence-electron chi connectivity index (χ4n) is 2.71. The van der Waals surface area contributed by atoms with Gasteiger partial charge >= 0.3 is 0 Å². The van der Waals surface area contributed by atoms with Crippen molar-refractivity contribution in [3.63, 3.8) is 0 Å². The van der Waals surface area contributed by atoms with E-state index in [9.17, 15) is 4.39 Å². The SMILES string of the molecule is CC1CCC(NC(CN)c2cc(Br)ccc2F)C1. The Morgan fingerprint density at radius 1 is 1.50 bits per heavy atom. The monoisotopic (exact) mass is 314 g/mol. The largest absolute Gasteiger partial charge is 0.329 e. The lowest BCUT2D eigenvalue weighted by atomic mass is 10.0. The van der Waals surface area contributed by atoms with Crippen LogP contribution >= 0.6 is 15.9 Å². The van der Waals surface area contributed by atoms with E-state index in [1.165, 1.54) is 12.5 Å². The molecule has 3 N–H and O–H groups in total. The predicted molar refractivity (Wildman–Crippen MR) is 75.8 cm³/mol. The van der Waals surface area contributed by atoms with E-state index in [4.69, 9.17) is 5.73 Å². The van der Waals surface area contributed by atoms with Crippen LogP contribution in [0.25, 0.3) is 0 Å². The van der Waals surface area contributed by atoms with Crippen molar-refractivity contribution in [2.24, 2.45) is 11.7 Å². The van der Waals surface area contributed by atoms with Crippen molar-refractivity contribution in [1.29, 1.82) is 0 Å². The zero-order chi connectivity index (χ0) is 13.1. The van der Waals surface area contributed by atoms with Crippen LogP contribution in [0.3, 0.4) is 0 Å². The van der Waals surface area contributed by atoms with Crippen molar-refractivity contribution >= 4 is 15.9 Å². The Morgan fingerprint density at radius 2 is 2.28 bits per heavy atom. The first-order valence-corrected chi connectivity index (χ1v) is 7.30. The second-order valence-electron chi connectivity index (χ2n) is 5.24. The van der Waals surface area contributed by atoms with Crippen LogP contribution in [0.2, 0.25) is 0 Å². The Hall–Kier alpha value is -0.450. The summed E-state index contributed by atoms with van der Waals surface area (Å²) in [6, 6.07) is 5.38. The summed E-state index contributed by atoms with van der Waals surface area (Å²) in [7, 11) is 0. The molecule has 0 aliphatic heterocycles. The molecular weight excluding hydrogens is 295 g/mol. The van der Waals surface area contributed by atoms with Crippen molar-refractivity contribution in [2.45, 2.75) is 38.3 Å². The van der Waals surface area contributed by atoms with Gasteiger partial charge in [-0.2, -0.15) is 0 Å². The Bertz CT molecular complexity index is 411. The van der Waals surface area contributed by atoms with Crippen molar-refractivity contribution in [2.75, 3.05) is 6.54 Å². The first-order chi connectivity index (χ1) is 8.60. The van der Waals surface area contributed by atoms with E-state index in [-0.39, 0.29) is 11.9 Å². The van der Waals surface area contributed by atoms with Gasteiger partial charge in [0.05, 0.1) is 0 Å². The third kappa shape index (κ3) is 3.31. The van der Waals surface area contributed by atoms with Gasteiger partial charge in [-0.15, -0.1) is 0 Å². The molecule has 1 fully saturated rings. The van der Waals surface area contributed by atoms with Crippen LogP contribution in [0.15, 0.2) is 22.7 Å². The molecule has 18 heavy (non-hydrogen) atoms. The first-order valence-electron chi connectivity index (χ1n) is 6.51. The summed E-state index contributed by atoms with van der Waals surface area (Å²) in [6.45, 7) is 2.68. The molecule has 1 aromatic rings. The molecule has 2 rings (SSSR count). The van der Waals surface area contributed by atoms with Gasteiger partial charge in [-0.05, 0) is 43.4 Å². The second-order valence-corrected chi connectivity index (χ2v) is 6.15. The molecule has 0 saturated heterocycles. The molecule has 0 spiro atoms. The number of nitrogens with two attached hydrogens (primary N) is 1. The standard InChI is InChI=1S/C14H20BrFN2/c1-9-2-4-11(6-9)18-14(8-17)12-7-10(15)3-5-13(12)16/h3,5,7,9,11,14,18H,2,4,6,8,17H2,1H3. The van der Waals surface area contributed by atoms with E-state index < -0.39 is 0 Å². The number of nitrogens with one attached hydrogen (secondary N) is 1. The fourth-order valence-corrected chi connectivity index (χ4v) is 3.09. The molecule has 0 heterocycles. The van der Waals surface area contributed by atoms with Crippen LogP contribution < -0.4 is 11.1 Å². The Kier molecular flexibility index (Phi) is 4.76. The van der Waals surface area contributed by atoms with Crippen LogP contribution in [0.1, 0.15) is 37.8 Å². The summed E-state index contributed by atoms with van der Waals surface area (Å²) >= 11 is 3.38. The lowest BCUT2D eigenvalue weighted by molar-refractivity contribution is 0.422. The van der Waals surface area contributed by atoms with Gasteiger partial charge in [-0.3, -0.25) is 0 Å². The first kappa shape index (κ1) is 14.0. The van der Waals surface area contributed by atoms with E-state index in [1.807, 2.05) is 6.07 Å². The van der Waals surface area contributed by atoms with Crippen LogP contribution in [-0.2, 0) is 0 Å². The number of hydrogen-bond donors (Lipinski definition) is 2. The molecule has 1 aromatic carbocycles. The molecule has 100 valence electrons. The predicted octanol–water partition coefficient (Wildman–Crippen LogP) is 3.37. The van der Waals surface area contributed by atoms with Crippen molar-refractivity contribution in [3.05, 3.63) is 34.1 Å².